The number of nitrogens with zero attached hydrogens (tertiary/aromatic N) is 2. The number of likely N-dealkylation sites (tertiary alicyclic amines) is 1. The molecule has 33 heavy (non-hydrogen) atoms. The van der Waals surface area contributed by atoms with Gasteiger partial charge < -0.3 is 24.6 Å². The van der Waals surface area contributed by atoms with E-state index < -0.39 is 0 Å². The standard InChI is InChI=1S/C26H33N3O4/c1-32-23-11-10-19(16-24(23)33-2)12-15-29-18-20(17-25(29)30)26(31)27-21-8-4-5-9-22(21)28-13-6-3-7-14-28/h4-5,8-11,16,20H,3,6-7,12-15,17-18H2,1-2H3,(H,27,31)/t20-/m0/s1. The van der Waals surface area contributed by atoms with E-state index in [4.69, 9.17) is 9.47 Å². The molecule has 2 fully saturated rings. The van der Waals surface area contributed by atoms with Crippen molar-refractivity contribution in [2.45, 2.75) is 32.1 Å². The van der Waals surface area contributed by atoms with E-state index in [1.165, 1.54) is 19.3 Å². The van der Waals surface area contributed by atoms with Gasteiger partial charge in [0.25, 0.3) is 0 Å². The second kappa shape index (κ2) is 10.6. The molecule has 0 unspecified atom stereocenters. The number of rotatable bonds is 8. The average molecular weight is 452 g/mol. The Morgan fingerprint density at radius 2 is 1.79 bits per heavy atom. The lowest BCUT2D eigenvalue weighted by molar-refractivity contribution is -0.128. The molecule has 2 aromatic rings. The summed E-state index contributed by atoms with van der Waals surface area (Å²) in [5.41, 5.74) is 2.96. The molecule has 0 aliphatic carbocycles. The lowest BCUT2D eigenvalue weighted by atomic mass is 10.1. The fraction of sp³-hybridized carbons (Fsp3) is 0.462. The zero-order chi connectivity index (χ0) is 23.2. The average Bonchev–Trinajstić information content (AvgIpc) is 3.24. The monoisotopic (exact) mass is 451 g/mol. The van der Waals surface area contributed by atoms with E-state index in [2.05, 4.69) is 16.3 Å². The molecule has 2 heterocycles. The van der Waals surface area contributed by atoms with Gasteiger partial charge in [0.1, 0.15) is 0 Å². The smallest absolute Gasteiger partial charge is 0.229 e. The lowest BCUT2D eigenvalue weighted by Gasteiger charge is -2.30. The van der Waals surface area contributed by atoms with Gasteiger partial charge >= 0.3 is 0 Å². The number of hydrogen-bond donors (Lipinski definition) is 1. The Morgan fingerprint density at radius 3 is 2.55 bits per heavy atom. The summed E-state index contributed by atoms with van der Waals surface area (Å²) in [7, 11) is 3.22. The van der Waals surface area contributed by atoms with E-state index in [9.17, 15) is 9.59 Å². The molecule has 0 aromatic heterocycles. The predicted octanol–water partition coefficient (Wildman–Crippen LogP) is 3.72. The Kier molecular flexibility index (Phi) is 7.37. The Labute approximate surface area is 195 Å². The van der Waals surface area contributed by atoms with Crippen LogP contribution in [0.15, 0.2) is 42.5 Å². The highest BCUT2D eigenvalue weighted by Gasteiger charge is 2.34. The number of carbonyl (C=O) groups is 2. The zero-order valence-electron chi connectivity index (χ0n) is 19.5. The lowest BCUT2D eigenvalue weighted by Crippen LogP contribution is -2.32. The van der Waals surface area contributed by atoms with E-state index in [1.54, 1.807) is 19.1 Å². The van der Waals surface area contributed by atoms with Gasteiger partial charge in [0.05, 0.1) is 31.5 Å². The van der Waals surface area contributed by atoms with Crippen molar-refractivity contribution in [3.63, 3.8) is 0 Å². The normalized spacial score (nSPS) is 18.4. The van der Waals surface area contributed by atoms with Crippen LogP contribution < -0.4 is 19.7 Å². The highest BCUT2D eigenvalue weighted by molar-refractivity contribution is 5.99. The molecule has 2 aliphatic rings. The van der Waals surface area contributed by atoms with Crippen molar-refractivity contribution < 1.29 is 19.1 Å². The van der Waals surface area contributed by atoms with E-state index in [0.29, 0.717) is 31.0 Å². The van der Waals surface area contributed by atoms with Crippen LogP contribution >= 0.6 is 0 Å². The van der Waals surface area contributed by atoms with Crippen LogP contribution in [0.5, 0.6) is 11.5 Å². The highest BCUT2D eigenvalue weighted by atomic mass is 16.5. The summed E-state index contributed by atoms with van der Waals surface area (Å²) >= 11 is 0. The van der Waals surface area contributed by atoms with Gasteiger partial charge in [-0.25, -0.2) is 0 Å². The third kappa shape index (κ3) is 5.41. The van der Waals surface area contributed by atoms with Gasteiger partial charge in [-0.15, -0.1) is 0 Å². The molecule has 2 aromatic carbocycles. The number of piperidine rings is 1. The van der Waals surface area contributed by atoms with Crippen LogP contribution in [0, 0.1) is 5.92 Å². The number of para-hydroxylation sites is 2. The second-order valence-electron chi connectivity index (χ2n) is 8.73. The maximum atomic E-state index is 13.0. The van der Waals surface area contributed by atoms with Crippen LogP contribution in [0.1, 0.15) is 31.2 Å². The first-order valence-corrected chi connectivity index (χ1v) is 11.7. The van der Waals surface area contributed by atoms with Crippen molar-refractivity contribution in [1.82, 2.24) is 4.90 Å². The number of hydrogen-bond acceptors (Lipinski definition) is 5. The van der Waals surface area contributed by atoms with Crippen molar-refractivity contribution >= 4 is 23.2 Å². The minimum absolute atomic E-state index is 0.0277. The minimum atomic E-state index is -0.336. The van der Waals surface area contributed by atoms with Gasteiger partial charge in [-0.3, -0.25) is 9.59 Å². The SMILES string of the molecule is COc1ccc(CCN2C[C@@H](C(=O)Nc3ccccc3N3CCCCC3)CC2=O)cc1OC. The summed E-state index contributed by atoms with van der Waals surface area (Å²) < 4.78 is 10.7. The molecular weight excluding hydrogens is 418 g/mol. The van der Waals surface area contributed by atoms with Crippen LogP contribution in [0.25, 0.3) is 0 Å². The second-order valence-corrected chi connectivity index (χ2v) is 8.73. The first-order valence-electron chi connectivity index (χ1n) is 11.7. The van der Waals surface area contributed by atoms with Crippen molar-refractivity contribution in [2.75, 3.05) is 50.6 Å². The summed E-state index contributed by atoms with van der Waals surface area (Å²) in [6.07, 6.45) is 4.55. The topological polar surface area (TPSA) is 71.1 Å². The van der Waals surface area contributed by atoms with E-state index in [1.807, 2.05) is 36.4 Å². The number of nitrogens with one attached hydrogen (secondary N) is 1. The Bertz CT molecular complexity index is 987. The minimum Gasteiger partial charge on any atom is -0.493 e. The maximum Gasteiger partial charge on any atom is 0.229 e. The molecule has 1 atom stereocenters. The highest BCUT2D eigenvalue weighted by Crippen LogP contribution is 2.30. The molecule has 7 nitrogen and oxygen atoms in total. The van der Waals surface area contributed by atoms with Crippen LogP contribution in [0.3, 0.4) is 0 Å². The van der Waals surface area contributed by atoms with E-state index in [-0.39, 0.29) is 24.2 Å². The maximum absolute atomic E-state index is 13.0. The summed E-state index contributed by atoms with van der Waals surface area (Å²) in [5.74, 6) is 0.964. The molecule has 4 rings (SSSR count). The summed E-state index contributed by atoms with van der Waals surface area (Å²) in [5, 5.41) is 3.10. The first kappa shape index (κ1) is 23.0. The molecule has 0 spiro atoms. The molecule has 2 aliphatic heterocycles. The van der Waals surface area contributed by atoms with Gasteiger partial charge in [0.15, 0.2) is 11.5 Å². The summed E-state index contributed by atoms with van der Waals surface area (Å²) in [6, 6.07) is 13.7. The van der Waals surface area contributed by atoms with Crippen molar-refractivity contribution in [3.8, 4) is 11.5 Å². The largest absolute Gasteiger partial charge is 0.493 e. The quantitative estimate of drug-likeness (QED) is 0.662. The molecule has 2 saturated heterocycles. The van der Waals surface area contributed by atoms with Crippen molar-refractivity contribution in [1.29, 1.82) is 0 Å². The van der Waals surface area contributed by atoms with Crippen molar-refractivity contribution in [3.05, 3.63) is 48.0 Å². The number of methoxy groups -OCH3 is 2. The zero-order valence-corrected chi connectivity index (χ0v) is 19.5. The summed E-state index contributed by atoms with van der Waals surface area (Å²) in [6.45, 7) is 3.05. The molecule has 0 radical (unpaired) electrons. The number of anilines is 2. The van der Waals surface area contributed by atoms with Crippen LogP contribution in [-0.2, 0) is 16.0 Å². The van der Waals surface area contributed by atoms with Gasteiger partial charge in [-0.1, -0.05) is 18.2 Å². The molecule has 1 N–H and O–H groups in total. The molecular formula is C26H33N3O4. The van der Waals surface area contributed by atoms with Crippen molar-refractivity contribution in [2.24, 2.45) is 5.92 Å². The van der Waals surface area contributed by atoms with Gasteiger partial charge in [0.2, 0.25) is 11.8 Å². The molecule has 0 saturated carbocycles. The van der Waals surface area contributed by atoms with Crippen LogP contribution in [-0.4, -0.2) is 57.1 Å². The predicted molar refractivity (Wildman–Crippen MR) is 129 cm³/mol. The first-order chi connectivity index (χ1) is 16.1. The molecule has 0 bridgehead atoms. The molecule has 7 heteroatoms. The fourth-order valence-corrected chi connectivity index (χ4v) is 4.69. The van der Waals surface area contributed by atoms with Crippen LogP contribution in [0.4, 0.5) is 11.4 Å². The number of amides is 2. The summed E-state index contributed by atoms with van der Waals surface area (Å²) in [4.78, 5) is 29.8. The molecule has 2 amide bonds. The van der Waals surface area contributed by atoms with E-state index >= 15 is 0 Å². The van der Waals surface area contributed by atoms with Crippen LogP contribution in [0.2, 0.25) is 0 Å². The third-order valence-corrected chi connectivity index (χ3v) is 6.56. The van der Waals surface area contributed by atoms with Gasteiger partial charge in [-0.2, -0.15) is 0 Å². The fourth-order valence-electron chi connectivity index (χ4n) is 4.69. The Hall–Kier alpha value is -3.22. The van der Waals surface area contributed by atoms with Gasteiger partial charge in [0, 0.05) is 32.6 Å². The Balaban J connectivity index is 1.35. The van der Waals surface area contributed by atoms with Gasteiger partial charge in [-0.05, 0) is 55.5 Å². The van der Waals surface area contributed by atoms with E-state index in [0.717, 1.165) is 30.0 Å². The number of benzene rings is 2. The Morgan fingerprint density at radius 1 is 1.03 bits per heavy atom. The third-order valence-electron chi connectivity index (χ3n) is 6.56. The number of ether oxygens (including phenoxy) is 2. The molecule has 176 valence electrons. The number of carbonyl (C=O) groups excluding carboxylic acids is 2.